The van der Waals surface area contributed by atoms with E-state index in [0.29, 0.717) is 24.4 Å². The summed E-state index contributed by atoms with van der Waals surface area (Å²) in [6, 6.07) is 11.2. The number of nitrogens with one attached hydrogen (secondary N) is 1. The second-order valence-electron chi connectivity index (χ2n) is 7.23. The third-order valence-electron chi connectivity index (χ3n) is 5.17. The third kappa shape index (κ3) is 4.19. The molecule has 1 aliphatic rings. The first-order valence-corrected chi connectivity index (χ1v) is 11.2. The van der Waals surface area contributed by atoms with E-state index in [2.05, 4.69) is 20.8 Å². The molecular weight excluding hydrogens is 423 g/mol. The number of tetrazole rings is 1. The van der Waals surface area contributed by atoms with E-state index in [1.54, 1.807) is 25.1 Å². The van der Waals surface area contributed by atoms with E-state index in [9.17, 15) is 17.6 Å². The second kappa shape index (κ2) is 8.52. The van der Waals surface area contributed by atoms with Crippen molar-refractivity contribution in [1.29, 1.82) is 0 Å². The van der Waals surface area contributed by atoms with Crippen molar-refractivity contribution in [3.8, 4) is 5.69 Å². The van der Waals surface area contributed by atoms with Crippen LogP contribution < -0.4 is 5.32 Å². The standard InChI is InChI=1S/C20H21FN6O3S/c1-14-23-24-25-27(14)19-13-15(10-11-17(19)21)22-20(28)18-9-5-6-12-26(18)31(29,30)16-7-3-2-4-8-16/h2-4,7-8,10-11,13,18H,5-6,9,12H2,1H3,(H,22,28). The van der Waals surface area contributed by atoms with E-state index < -0.39 is 27.8 Å². The van der Waals surface area contributed by atoms with Crippen molar-refractivity contribution in [3.63, 3.8) is 0 Å². The molecule has 31 heavy (non-hydrogen) atoms. The summed E-state index contributed by atoms with van der Waals surface area (Å²) in [4.78, 5) is 13.2. The van der Waals surface area contributed by atoms with Crippen LogP contribution in [0.4, 0.5) is 10.1 Å². The van der Waals surface area contributed by atoms with Gasteiger partial charge in [-0.25, -0.2) is 12.8 Å². The molecule has 11 heteroatoms. The quantitative estimate of drug-likeness (QED) is 0.647. The predicted molar refractivity (Wildman–Crippen MR) is 110 cm³/mol. The van der Waals surface area contributed by atoms with Crippen molar-refractivity contribution in [1.82, 2.24) is 24.5 Å². The van der Waals surface area contributed by atoms with Crippen LogP contribution in [-0.2, 0) is 14.8 Å². The van der Waals surface area contributed by atoms with Crippen LogP contribution in [0.2, 0.25) is 0 Å². The van der Waals surface area contributed by atoms with Gasteiger partial charge in [-0.1, -0.05) is 24.6 Å². The zero-order chi connectivity index (χ0) is 22.0. The molecule has 0 spiro atoms. The Kier molecular flexibility index (Phi) is 5.79. The molecule has 3 aromatic rings. The highest BCUT2D eigenvalue weighted by Gasteiger charge is 2.37. The number of anilines is 1. The number of hydrogen-bond acceptors (Lipinski definition) is 6. The van der Waals surface area contributed by atoms with Crippen LogP contribution in [0.15, 0.2) is 53.4 Å². The van der Waals surface area contributed by atoms with Crippen LogP contribution >= 0.6 is 0 Å². The summed E-state index contributed by atoms with van der Waals surface area (Å²) in [5.74, 6) is -0.640. The first kappa shape index (κ1) is 21.1. The minimum absolute atomic E-state index is 0.0812. The van der Waals surface area contributed by atoms with E-state index in [1.165, 1.54) is 39.3 Å². The van der Waals surface area contributed by atoms with Gasteiger partial charge in [-0.15, -0.1) is 5.10 Å². The molecule has 1 N–H and O–H groups in total. The van der Waals surface area contributed by atoms with Crippen LogP contribution in [0, 0.1) is 12.7 Å². The monoisotopic (exact) mass is 444 g/mol. The molecular formula is C20H21FN6O3S. The fourth-order valence-electron chi connectivity index (χ4n) is 3.62. The molecule has 2 aromatic carbocycles. The van der Waals surface area contributed by atoms with Gasteiger partial charge in [-0.2, -0.15) is 8.99 Å². The Bertz CT molecular complexity index is 1200. The fourth-order valence-corrected chi connectivity index (χ4v) is 5.29. The van der Waals surface area contributed by atoms with Gasteiger partial charge in [0, 0.05) is 12.2 Å². The van der Waals surface area contributed by atoms with E-state index in [1.807, 2.05) is 0 Å². The van der Waals surface area contributed by atoms with Crippen LogP contribution in [0.1, 0.15) is 25.1 Å². The Morgan fingerprint density at radius 1 is 1.16 bits per heavy atom. The minimum Gasteiger partial charge on any atom is -0.325 e. The summed E-state index contributed by atoms with van der Waals surface area (Å²) in [7, 11) is -3.82. The van der Waals surface area contributed by atoms with Crippen molar-refractivity contribution >= 4 is 21.6 Å². The van der Waals surface area contributed by atoms with Gasteiger partial charge < -0.3 is 5.32 Å². The lowest BCUT2D eigenvalue weighted by Crippen LogP contribution is -2.49. The molecule has 1 aromatic heterocycles. The largest absolute Gasteiger partial charge is 0.325 e. The highest BCUT2D eigenvalue weighted by molar-refractivity contribution is 7.89. The van der Waals surface area contributed by atoms with Gasteiger partial charge in [0.25, 0.3) is 0 Å². The number of aromatic nitrogens is 4. The lowest BCUT2D eigenvalue weighted by molar-refractivity contribution is -0.120. The Hall–Kier alpha value is -3.18. The minimum atomic E-state index is -3.82. The number of carbonyl (C=O) groups is 1. The molecule has 1 aliphatic heterocycles. The van der Waals surface area contributed by atoms with Crippen LogP contribution in [0.5, 0.6) is 0 Å². The Balaban J connectivity index is 1.60. The lowest BCUT2D eigenvalue weighted by atomic mass is 10.0. The van der Waals surface area contributed by atoms with Crippen LogP contribution in [0.3, 0.4) is 0 Å². The summed E-state index contributed by atoms with van der Waals surface area (Å²) in [5.41, 5.74) is 0.400. The summed E-state index contributed by atoms with van der Waals surface area (Å²) in [5, 5.41) is 13.7. The fraction of sp³-hybridized carbons (Fsp3) is 0.300. The smallest absolute Gasteiger partial charge is 0.243 e. The van der Waals surface area contributed by atoms with E-state index in [0.717, 1.165) is 6.42 Å². The number of carbonyl (C=O) groups excluding carboxylic acids is 1. The van der Waals surface area contributed by atoms with E-state index in [4.69, 9.17) is 0 Å². The predicted octanol–water partition coefficient (Wildman–Crippen LogP) is 2.29. The normalized spacial score (nSPS) is 17.4. The molecule has 162 valence electrons. The number of aryl methyl sites for hydroxylation is 1. The first-order valence-electron chi connectivity index (χ1n) is 9.80. The van der Waals surface area contributed by atoms with Gasteiger partial charge >= 0.3 is 0 Å². The maximum atomic E-state index is 14.3. The highest BCUT2D eigenvalue weighted by Crippen LogP contribution is 2.27. The number of benzene rings is 2. The highest BCUT2D eigenvalue weighted by atomic mass is 32.2. The molecule has 0 radical (unpaired) electrons. The average molecular weight is 444 g/mol. The number of sulfonamides is 1. The number of rotatable bonds is 5. The molecule has 1 fully saturated rings. The van der Waals surface area contributed by atoms with Gasteiger partial charge in [0.2, 0.25) is 15.9 Å². The topological polar surface area (TPSA) is 110 Å². The molecule has 0 saturated carbocycles. The maximum Gasteiger partial charge on any atom is 0.243 e. The second-order valence-corrected chi connectivity index (χ2v) is 9.12. The van der Waals surface area contributed by atoms with Crippen molar-refractivity contribution in [2.75, 3.05) is 11.9 Å². The van der Waals surface area contributed by atoms with Crippen LogP contribution in [0.25, 0.3) is 5.69 Å². The maximum absolute atomic E-state index is 14.3. The molecule has 4 rings (SSSR count). The zero-order valence-electron chi connectivity index (χ0n) is 16.8. The Labute approximate surface area is 178 Å². The summed E-state index contributed by atoms with van der Waals surface area (Å²) in [6.45, 7) is 1.88. The number of piperidine rings is 1. The van der Waals surface area contributed by atoms with E-state index >= 15 is 0 Å². The first-order chi connectivity index (χ1) is 14.9. The number of amides is 1. The van der Waals surface area contributed by atoms with Crippen molar-refractivity contribution in [2.45, 2.75) is 37.1 Å². The van der Waals surface area contributed by atoms with Gasteiger partial charge in [0.1, 0.15) is 17.5 Å². The summed E-state index contributed by atoms with van der Waals surface area (Å²) in [6.07, 6.45) is 1.81. The zero-order valence-corrected chi connectivity index (χ0v) is 17.6. The molecule has 2 heterocycles. The van der Waals surface area contributed by atoms with Crippen LogP contribution in [-0.4, -0.2) is 51.4 Å². The number of hydrogen-bond donors (Lipinski definition) is 1. The number of halogens is 1. The van der Waals surface area contributed by atoms with Gasteiger partial charge in [0.15, 0.2) is 5.82 Å². The molecule has 1 atom stereocenters. The van der Waals surface area contributed by atoms with Crippen molar-refractivity contribution in [3.05, 3.63) is 60.2 Å². The van der Waals surface area contributed by atoms with E-state index in [-0.39, 0.29) is 17.1 Å². The summed E-state index contributed by atoms with van der Waals surface area (Å²) >= 11 is 0. The molecule has 1 unspecified atom stereocenters. The molecule has 1 saturated heterocycles. The van der Waals surface area contributed by atoms with Crippen molar-refractivity contribution < 1.29 is 17.6 Å². The summed E-state index contributed by atoms with van der Waals surface area (Å²) < 4.78 is 43.0. The molecule has 0 bridgehead atoms. The SMILES string of the molecule is Cc1nnnn1-c1cc(NC(=O)C2CCCCN2S(=O)(=O)c2ccccc2)ccc1F. The average Bonchev–Trinajstić information content (AvgIpc) is 3.21. The molecule has 0 aliphatic carbocycles. The molecule has 1 amide bonds. The Morgan fingerprint density at radius 2 is 1.94 bits per heavy atom. The van der Waals surface area contributed by atoms with Gasteiger partial charge in [-0.3, -0.25) is 4.79 Å². The number of nitrogens with zero attached hydrogens (tertiary/aromatic N) is 5. The Morgan fingerprint density at radius 3 is 2.65 bits per heavy atom. The van der Waals surface area contributed by atoms with Crippen molar-refractivity contribution in [2.24, 2.45) is 0 Å². The lowest BCUT2D eigenvalue weighted by Gasteiger charge is -2.33. The molecule has 9 nitrogen and oxygen atoms in total. The third-order valence-corrected chi connectivity index (χ3v) is 7.10. The van der Waals surface area contributed by atoms with Gasteiger partial charge in [-0.05, 0) is 60.5 Å². The van der Waals surface area contributed by atoms with Gasteiger partial charge in [0.05, 0.1) is 4.90 Å².